The highest BCUT2D eigenvalue weighted by Crippen LogP contribution is 2.23. The van der Waals surface area contributed by atoms with E-state index in [-0.39, 0.29) is 5.91 Å². The number of carbonyl (C=O) groups excluding carboxylic acids is 1. The lowest BCUT2D eigenvalue weighted by Crippen LogP contribution is -2.22. The molecule has 0 spiro atoms. The molecule has 4 rings (SSSR count). The normalized spacial score (nSPS) is 10.5. The van der Waals surface area contributed by atoms with Gasteiger partial charge in [-0.05, 0) is 49.7 Å². The van der Waals surface area contributed by atoms with Crippen molar-refractivity contribution < 1.29 is 9.53 Å². The molecule has 0 bridgehead atoms. The minimum Gasteiger partial charge on any atom is -0.439 e. The van der Waals surface area contributed by atoms with Crippen LogP contribution in [0.3, 0.4) is 0 Å². The smallest absolute Gasteiger partial charge is 0.251 e. The fraction of sp³-hybridized carbons (Fsp3) is 0.115. The van der Waals surface area contributed by atoms with Gasteiger partial charge < -0.3 is 10.1 Å². The molecule has 1 aromatic heterocycles. The van der Waals surface area contributed by atoms with E-state index in [1.807, 2.05) is 62.4 Å². The maximum absolute atomic E-state index is 12.4. The topological polar surface area (TPSA) is 64.1 Å². The molecule has 154 valence electrons. The van der Waals surface area contributed by atoms with E-state index >= 15 is 0 Å². The minimum atomic E-state index is -0.129. The van der Waals surface area contributed by atoms with Gasteiger partial charge in [-0.3, -0.25) is 4.79 Å². The fourth-order valence-corrected chi connectivity index (χ4v) is 3.11. The lowest BCUT2D eigenvalue weighted by atomic mass is 10.1. The Kier molecular flexibility index (Phi) is 6.03. The molecule has 3 aromatic carbocycles. The number of benzene rings is 3. The van der Waals surface area contributed by atoms with Crippen LogP contribution in [0.5, 0.6) is 11.6 Å². The monoisotopic (exact) mass is 409 g/mol. The van der Waals surface area contributed by atoms with Gasteiger partial charge in [-0.2, -0.15) is 4.98 Å². The van der Waals surface area contributed by atoms with Crippen molar-refractivity contribution in [1.82, 2.24) is 15.3 Å². The average molecular weight is 409 g/mol. The Balaban J connectivity index is 1.40. The van der Waals surface area contributed by atoms with Crippen molar-refractivity contribution in [3.63, 3.8) is 0 Å². The van der Waals surface area contributed by atoms with Gasteiger partial charge in [0.1, 0.15) is 5.75 Å². The Labute approximate surface area is 181 Å². The molecule has 1 N–H and O–H groups in total. The van der Waals surface area contributed by atoms with Crippen molar-refractivity contribution >= 4 is 5.91 Å². The molecule has 5 heteroatoms. The zero-order valence-electron chi connectivity index (χ0n) is 17.5. The third-order valence-corrected chi connectivity index (χ3v) is 4.82. The number of amides is 1. The van der Waals surface area contributed by atoms with Crippen LogP contribution >= 0.6 is 0 Å². The molecule has 1 amide bonds. The standard InChI is InChI=1S/C26H23N3O2/c1-18-6-8-20(9-7-18)17-28-26(30)21-10-12-23(13-11-21)31-24-14-15-27-25(29-24)22-5-3-4-19(2)16-22/h3-16H,17H2,1-2H3,(H,28,30). The van der Waals surface area contributed by atoms with Crippen molar-refractivity contribution in [3.05, 3.63) is 107 Å². The summed E-state index contributed by atoms with van der Waals surface area (Å²) >= 11 is 0. The van der Waals surface area contributed by atoms with E-state index in [1.54, 1.807) is 36.5 Å². The Hall–Kier alpha value is -3.99. The predicted molar refractivity (Wildman–Crippen MR) is 121 cm³/mol. The van der Waals surface area contributed by atoms with Gasteiger partial charge in [0.15, 0.2) is 5.82 Å². The third kappa shape index (κ3) is 5.34. The number of nitrogens with zero attached hydrogens (tertiary/aromatic N) is 2. The van der Waals surface area contributed by atoms with Gasteiger partial charge in [-0.25, -0.2) is 4.98 Å². The van der Waals surface area contributed by atoms with Gasteiger partial charge >= 0.3 is 0 Å². The lowest BCUT2D eigenvalue weighted by molar-refractivity contribution is 0.0951. The molecular weight excluding hydrogens is 386 g/mol. The van der Waals surface area contributed by atoms with Crippen LogP contribution in [0.25, 0.3) is 11.4 Å². The summed E-state index contributed by atoms with van der Waals surface area (Å²) in [6.45, 7) is 4.55. The molecule has 1 heterocycles. The quantitative estimate of drug-likeness (QED) is 0.458. The van der Waals surface area contributed by atoms with E-state index in [4.69, 9.17) is 4.74 Å². The third-order valence-electron chi connectivity index (χ3n) is 4.82. The molecule has 0 aliphatic rings. The molecule has 0 radical (unpaired) electrons. The number of aryl methyl sites for hydroxylation is 2. The molecular formula is C26H23N3O2. The molecule has 0 saturated heterocycles. The van der Waals surface area contributed by atoms with Gasteiger partial charge in [0, 0.05) is 29.9 Å². The van der Waals surface area contributed by atoms with Crippen LogP contribution in [0.15, 0.2) is 85.1 Å². The Bertz CT molecular complexity index is 1190. The van der Waals surface area contributed by atoms with E-state index in [1.165, 1.54) is 5.56 Å². The Morgan fingerprint density at radius 3 is 2.42 bits per heavy atom. The summed E-state index contributed by atoms with van der Waals surface area (Å²) in [5.74, 6) is 1.52. The molecule has 0 atom stereocenters. The van der Waals surface area contributed by atoms with Crippen molar-refractivity contribution in [3.8, 4) is 23.0 Å². The van der Waals surface area contributed by atoms with E-state index in [2.05, 4.69) is 15.3 Å². The molecule has 31 heavy (non-hydrogen) atoms. The number of ether oxygens (including phenoxy) is 1. The van der Waals surface area contributed by atoms with Gasteiger partial charge in [0.2, 0.25) is 5.88 Å². The fourth-order valence-electron chi connectivity index (χ4n) is 3.11. The first-order chi connectivity index (χ1) is 15.1. The zero-order chi connectivity index (χ0) is 21.6. The summed E-state index contributed by atoms with van der Waals surface area (Å²) in [6.07, 6.45) is 1.67. The molecule has 0 saturated carbocycles. The molecule has 0 unspecified atom stereocenters. The second-order valence-corrected chi connectivity index (χ2v) is 7.38. The second-order valence-electron chi connectivity index (χ2n) is 7.38. The maximum Gasteiger partial charge on any atom is 0.251 e. The Morgan fingerprint density at radius 2 is 1.68 bits per heavy atom. The van der Waals surface area contributed by atoms with Crippen molar-refractivity contribution in [1.29, 1.82) is 0 Å². The summed E-state index contributed by atoms with van der Waals surface area (Å²) < 4.78 is 5.86. The zero-order valence-corrected chi connectivity index (χ0v) is 17.5. The van der Waals surface area contributed by atoms with Gasteiger partial charge in [-0.15, -0.1) is 0 Å². The molecule has 0 fully saturated rings. The summed E-state index contributed by atoms with van der Waals surface area (Å²) in [5.41, 5.74) is 4.91. The molecule has 0 aliphatic heterocycles. The van der Waals surface area contributed by atoms with Crippen LogP contribution in [0.4, 0.5) is 0 Å². The minimum absolute atomic E-state index is 0.129. The maximum atomic E-state index is 12.4. The van der Waals surface area contributed by atoms with Gasteiger partial charge in [0.05, 0.1) is 0 Å². The highest BCUT2D eigenvalue weighted by Gasteiger charge is 2.08. The van der Waals surface area contributed by atoms with Crippen molar-refractivity contribution in [2.24, 2.45) is 0 Å². The van der Waals surface area contributed by atoms with E-state index in [0.29, 0.717) is 29.6 Å². The largest absolute Gasteiger partial charge is 0.439 e. The molecule has 0 aliphatic carbocycles. The number of aromatic nitrogens is 2. The highest BCUT2D eigenvalue weighted by molar-refractivity contribution is 5.94. The van der Waals surface area contributed by atoms with Crippen LogP contribution in [-0.4, -0.2) is 15.9 Å². The average Bonchev–Trinajstić information content (AvgIpc) is 2.79. The first kappa shape index (κ1) is 20.3. The number of rotatable bonds is 6. The number of hydrogen-bond donors (Lipinski definition) is 1. The molecule has 5 nitrogen and oxygen atoms in total. The Morgan fingerprint density at radius 1 is 0.903 bits per heavy atom. The molecule has 4 aromatic rings. The van der Waals surface area contributed by atoms with E-state index in [9.17, 15) is 4.79 Å². The van der Waals surface area contributed by atoms with Crippen LogP contribution in [0.1, 0.15) is 27.0 Å². The van der Waals surface area contributed by atoms with Crippen LogP contribution in [-0.2, 0) is 6.54 Å². The van der Waals surface area contributed by atoms with Gasteiger partial charge in [0.25, 0.3) is 5.91 Å². The first-order valence-electron chi connectivity index (χ1n) is 10.1. The SMILES string of the molecule is Cc1ccc(CNC(=O)c2ccc(Oc3ccnc(-c4cccc(C)c4)n3)cc2)cc1. The summed E-state index contributed by atoms with van der Waals surface area (Å²) in [5, 5.41) is 2.93. The van der Waals surface area contributed by atoms with Crippen molar-refractivity contribution in [2.75, 3.05) is 0 Å². The van der Waals surface area contributed by atoms with Crippen LogP contribution in [0, 0.1) is 13.8 Å². The van der Waals surface area contributed by atoms with Crippen LogP contribution < -0.4 is 10.1 Å². The summed E-state index contributed by atoms with van der Waals surface area (Å²) in [7, 11) is 0. The first-order valence-corrected chi connectivity index (χ1v) is 10.1. The van der Waals surface area contributed by atoms with E-state index < -0.39 is 0 Å². The number of carbonyl (C=O) groups is 1. The van der Waals surface area contributed by atoms with Crippen LogP contribution in [0.2, 0.25) is 0 Å². The summed E-state index contributed by atoms with van der Waals surface area (Å²) in [4.78, 5) is 21.2. The van der Waals surface area contributed by atoms with E-state index in [0.717, 1.165) is 16.7 Å². The lowest BCUT2D eigenvalue weighted by Gasteiger charge is -2.08. The predicted octanol–water partition coefficient (Wildman–Crippen LogP) is 5.48. The summed E-state index contributed by atoms with van der Waals surface area (Å²) in [6, 6.07) is 24.8. The highest BCUT2D eigenvalue weighted by atomic mass is 16.5. The number of nitrogens with one attached hydrogen (secondary N) is 1. The van der Waals surface area contributed by atoms with Crippen molar-refractivity contribution in [2.45, 2.75) is 20.4 Å². The number of hydrogen-bond acceptors (Lipinski definition) is 4. The second kappa shape index (κ2) is 9.22. The van der Waals surface area contributed by atoms with Gasteiger partial charge in [-0.1, -0.05) is 53.6 Å².